The molecule has 0 N–H and O–H groups in total. The maximum absolute atomic E-state index is 5.64. The molecule has 0 spiro atoms. The van der Waals surface area contributed by atoms with E-state index in [1.807, 2.05) is 76.4 Å². The highest BCUT2D eigenvalue weighted by atomic mass is 35.5. The Hall–Kier alpha value is -2.32. The Kier molecular flexibility index (Phi) is 13.5. The van der Waals surface area contributed by atoms with Crippen LogP contribution in [0.2, 0.25) is 5.02 Å². The Balaban J connectivity index is 0.000000604. The minimum Gasteiger partial charge on any atom is -0.342 e. The summed E-state index contributed by atoms with van der Waals surface area (Å²) in [5.41, 5.74) is 5.80. The molecular formula is C25H35ClN2. The van der Waals surface area contributed by atoms with E-state index in [4.69, 9.17) is 11.6 Å². The normalized spacial score (nSPS) is 14.6. The SMILES string of the molecule is C=C/C=C(\C=C/C)C(/C)=C(\C)N1CCN=CC1=C.CC.Cc1cccc(Cl)c1. The molecule has 0 saturated heterocycles. The van der Waals surface area contributed by atoms with Crippen molar-refractivity contribution < 1.29 is 0 Å². The molecule has 1 aromatic rings. The summed E-state index contributed by atoms with van der Waals surface area (Å²) in [6.07, 6.45) is 9.82. The molecule has 1 aliphatic heterocycles. The summed E-state index contributed by atoms with van der Waals surface area (Å²) in [6, 6.07) is 7.76. The first kappa shape index (κ1) is 25.7. The molecule has 0 atom stereocenters. The number of halogens is 1. The van der Waals surface area contributed by atoms with Gasteiger partial charge in [0, 0.05) is 23.5 Å². The smallest absolute Gasteiger partial charge is 0.0570 e. The Morgan fingerprint density at radius 1 is 1.25 bits per heavy atom. The van der Waals surface area contributed by atoms with E-state index in [-0.39, 0.29) is 0 Å². The molecule has 0 aliphatic carbocycles. The van der Waals surface area contributed by atoms with Gasteiger partial charge in [-0.05, 0) is 56.5 Å². The Morgan fingerprint density at radius 2 is 1.93 bits per heavy atom. The highest BCUT2D eigenvalue weighted by Gasteiger charge is 2.14. The highest BCUT2D eigenvalue weighted by molar-refractivity contribution is 6.30. The predicted molar refractivity (Wildman–Crippen MR) is 128 cm³/mol. The fraction of sp³-hybridized carbons (Fsp3) is 0.320. The van der Waals surface area contributed by atoms with Gasteiger partial charge in [-0.3, -0.25) is 4.99 Å². The van der Waals surface area contributed by atoms with E-state index >= 15 is 0 Å². The zero-order valence-corrected chi connectivity index (χ0v) is 19.1. The first-order valence-electron chi connectivity index (χ1n) is 9.72. The Labute approximate surface area is 177 Å². The van der Waals surface area contributed by atoms with Crippen LogP contribution >= 0.6 is 11.6 Å². The molecule has 0 fully saturated rings. The van der Waals surface area contributed by atoms with Crippen molar-refractivity contribution in [1.82, 2.24) is 4.90 Å². The number of allylic oxidation sites excluding steroid dienone is 8. The summed E-state index contributed by atoms with van der Waals surface area (Å²) in [7, 11) is 0. The third kappa shape index (κ3) is 9.05. The third-order valence-electron chi connectivity index (χ3n) is 4.04. The Morgan fingerprint density at radius 3 is 2.39 bits per heavy atom. The van der Waals surface area contributed by atoms with Gasteiger partial charge >= 0.3 is 0 Å². The number of aliphatic imine (C=N–C) groups is 1. The number of hydrogen-bond acceptors (Lipinski definition) is 2. The van der Waals surface area contributed by atoms with Crippen LogP contribution in [-0.4, -0.2) is 24.2 Å². The lowest BCUT2D eigenvalue weighted by molar-refractivity contribution is 0.446. The van der Waals surface area contributed by atoms with Gasteiger partial charge in [-0.15, -0.1) is 0 Å². The van der Waals surface area contributed by atoms with Crippen molar-refractivity contribution in [3.8, 4) is 0 Å². The maximum Gasteiger partial charge on any atom is 0.0570 e. The fourth-order valence-corrected chi connectivity index (χ4v) is 2.80. The second-order valence-corrected chi connectivity index (χ2v) is 6.48. The zero-order chi connectivity index (χ0) is 21.5. The summed E-state index contributed by atoms with van der Waals surface area (Å²) < 4.78 is 0. The molecule has 0 aromatic heterocycles. The van der Waals surface area contributed by atoms with Crippen LogP contribution in [0.4, 0.5) is 0 Å². The van der Waals surface area contributed by atoms with Crippen molar-refractivity contribution in [1.29, 1.82) is 0 Å². The molecule has 1 aromatic carbocycles. The van der Waals surface area contributed by atoms with Crippen molar-refractivity contribution in [2.75, 3.05) is 13.1 Å². The lowest BCUT2D eigenvalue weighted by Crippen LogP contribution is -2.28. The molecule has 0 amide bonds. The predicted octanol–water partition coefficient (Wildman–Crippen LogP) is 7.54. The second-order valence-electron chi connectivity index (χ2n) is 6.05. The molecule has 0 saturated carbocycles. The van der Waals surface area contributed by atoms with E-state index in [1.54, 1.807) is 0 Å². The van der Waals surface area contributed by atoms with Gasteiger partial charge in [0.25, 0.3) is 0 Å². The van der Waals surface area contributed by atoms with Gasteiger partial charge in [-0.25, -0.2) is 0 Å². The standard InChI is InChI=1S/C16H22N2.C7H7Cl.C2H6/c1-6-8-16(9-7-2)14(4)15(5)18-11-10-17-12-13(18)3;1-6-3-2-4-7(8)5-6;1-2/h6-9,12H,1,3,10-11H2,2,4-5H3;2-5H,1H3;1-2H3/b9-7-,15-14+,16-8+;;. The molecule has 1 aliphatic rings. The van der Waals surface area contributed by atoms with Gasteiger partial charge in [0.05, 0.1) is 12.2 Å². The number of nitrogens with zero attached hydrogens (tertiary/aromatic N) is 2. The van der Waals surface area contributed by atoms with Crippen molar-refractivity contribution in [3.05, 3.63) is 94.9 Å². The highest BCUT2D eigenvalue weighted by Crippen LogP contribution is 2.22. The summed E-state index contributed by atoms with van der Waals surface area (Å²) in [5.74, 6) is 0. The average molecular weight is 399 g/mol. The fourth-order valence-electron chi connectivity index (χ4n) is 2.55. The van der Waals surface area contributed by atoms with Crippen LogP contribution in [0.5, 0.6) is 0 Å². The minimum absolute atomic E-state index is 0.810. The number of rotatable bonds is 4. The lowest BCUT2D eigenvalue weighted by Gasteiger charge is -2.29. The third-order valence-corrected chi connectivity index (χ3v) is 4.28. The van der Waals surface area contributed by atoms with Gasteiger partial charge in [0.15, 0.2) is 0 Å². The molecule has 3 heteroatoms. The first-order valence-corrected chi connectivity index (χ1v) is 10.1. The van der Waals surface area contributed by atoms with E-state index in [1.165, 1.54) is 22.4 Å². The monoisotopic (exact) mass is 398 g/mol. The maximum atomic E-state index is 5.64. The Bertz CT molecular complexity index is 734. The van der Waals surface area contributed by atoms with Crippen LogP contribution in [0, 0.1) is 6.92 Å². The van der Waals surface area contributed by atoms with E-state index in [2.05, 4.69) is 43.0 Å². The topological polar surface area (TPSA) is 15.6 Å². The number of hydrogen-bond donors (Lipinski definition) is 0. The molecule has 28 heavy (non-hydrogen) atoms. The van der Waals surface area contributed by atoms with Gasteiger partial charge < -0.3 is 4.90 Å². The van der Waals surface area contributed by atoms with Crippen LogP contribution in [0.3, 0.4) is 0 Å². The largest absolute Gasteiger partial charge is 0.342 e. The van der Waals surface area contributed by atoms with Crippen LogP contribution in [-0.2, 0) is 0 Å². The molecular weight excluding hydrogens is 364 g/mol. The minimum atomic E-state index is 0.810. The van der Waals surface area contributed by atoms with Gasteiger partial charge in [0.1, 0.15) is 0 Å². The molecule has 2 rings (SSSR count). The molecule has 152 valence electrons. The van der Waals surface area contributed by atoms with Crippen LogP contribution in [0.15, 0.2) is 89.3 Å². The summed E-state index contributed by atoms with van der Waals surface area (Å²) >= 11 is 5.64. The van der Waals surface area contributed by atoms with E-state index < -0.39 is 0 Å². The van der Waals surface area contributed by atoms with Gasteiger partial charge in [-0.2, -0.15) is 0 Å². The molecule has 1 heterocycles. The van der Waals surface area contributed by atoms with Crippen molar-refractivity contribution in [2.45, 2.75) is 41.5 Å². The quantitative estimate of drug-likeness (QED) is 0.478. The van der Waals surface area contributed by atoms with Crippen LogP contribution in [0.1, 0.15) is 40.2 Å². The number of benzene rings is 1. The second kappa shape index (κ2) is 14.7. The van der Waals surface area contributed by atoms with Gasteiger partial charge in [-0.1, -0.05) is 75.0 Å². The van der Waals surface area contributed by atoms with Gasteiger partial charge in [0.2, 0.25) is 0 Å². The van der Waals surface area contributed by atoms with Crippen molar-refractivity contribution in [3.63, 3.8) is 0 Å². The summed E-state index contributed by atoms with van der Waals surface area (Å²) in [4.78, 5) is 6.45. The van der Waals surface area contributed by atoms with E-state index in [0.29, 0.717) is 0 Å². The van der Waals surface area contributed by atoms with Crippen molar-refractivity contribution in [2.24, 2.45) is 4.99 Å². The molecule has 0 radical (unpaired) electrons. The summed E-state index contributed by atoms with van der Waals surface area (Å²) in [6.45, 7) is 21.8. The number of aryl methyl sites for hydroxylation is 1. The van der Waals surface area contributed by atoms with Crippen LogP contribution in [0.25, 0.3) is 0 Å². The van der Waals surface area contributed by atoms with Crippen molar-refractivity contribution >= 4 is 17.8 Å². The molecule has 2 nitrogen and oxygen atoms in total. The first-order chi connectivity index (χ1) is 13.4. The summed E-state index contributed by atoms with van der Waals surface area (Å²) in [5, 5.41) is 0.810. The van der Waals surface area contributed by atoms with E-state index in [9.17, 15) is 0 Å². The average Bonchev–Trinajstić information content (AvgIpc) is 2.69. The van der Waals surface area contributed by atoms with E-state index in [0.717, 1.165) is 23.8 Å². The molecule has 0 bridgehead atoms. The van der Waals surface area contributed by atoms with Crippen LogP contribution < -0.4 is 0 Å². The lowest BCUT2D eigenvalue weighted by atomic mass is 10.0. The molecule has 0 unspecified atom stereocenters. The zero-order valence-electron chi connectivity index (χ0n) is 18.3.